The van der Waals surface area contributed by atoms with Gasteiger partial charge >= 0.3 is 5.97 Å². The minimum absolute atomic E-state index is 0.00777. The summed E-state index contributed by atoms with van der Waals surface area (Å²) in [7, 11) is 3.61. The summed E-state index contributed by atoms with van der Waals surface area (Å²) in [4.78, 5) is 23.0. The molecule has 2 aliphatic rings. The molecular weight excluding hydrogens is 533 g/mol. The number of piperazine rings is 1. The number of aromatic nitrogens is 2. The lowest BCUT2D eigenvalue weighted by atomic mass is 9.65. The first-order chi connectivity index (χ1) is 20.3. The van der Waals surface area contributed by atoms with Crippen molar-refractivity contribution in [1.29, 1.82) is 0 Å². The zero-order valence-corrected chi connectivity index (χ0v) is 25.7. The number of para-hydroxylation sites is 2. The van der Waals surface area contributed by atoms with Crippen LogP contribution >= 0.6 is 0 Å². The normalized spacial score (nSPS) is 20.3. The Morgan fingerprint density at radius 1 is 1.12 bits per heavy atom. The van der Waals surface area contributed by atoms with Gasteiger partial charge in [0.25, 0.3) is 0 Å². The fraction of sp³-hybridized carbons (Fsp3) is 0.576. The number of aromatic amines is 1. The van der Waals surface area contributed by atoms with E-state index >= 15 is 0 Å². The minimum atomic E-state index is -0.651. The fourth-order valence-electron chi connectivity index (χ4n) is 6.40. The van der Waals surface area contributed by atoms with Crippen LogP contribution in [0.3, 0.4) is 0 Å². The molecule has 1 aliphatic carbocycles. The van der Waals surface area contributed by atoms with Crippen LogP contribution in [0, 0.1) is 11.7 Å². The summed E-state index contributed by atoms with van der Waals surface area (Å²) in [5.41, 5.74) is 3.53. The lowest BCUT2D eigenvalue weighted by Gasteiger charge is -2.47. The van der Waals surface area contributed by atoms with Gasteiger partial charge in [-0.15, -0.1) is 0 Å². The Hall–Kier alpha value is -2.85. The predicted octanol–water partition coefficient (Wildman–Crippen LogP) is 4.45. The quantitative estimate of drug-likeness (QED) is 0.288. The van der Waals surface area contributed by atoms with Crippen molar-refractivity contribution in [3.8, 4) is 0 Å². The van der Waals surface area contributed by atoms with E-state index < -0.39 is 5.60 Å². The zero-order chi connectivity index (χ0) is 30.0. The van der Waals surface area contributed by atoms with Crippen LogP contribution in [0.25, 0.3) is 11.0 Å². The highest BCUT2D eigenvalue weighted by molar-refractivity contribution is 5.74. The molecule has 0 saturated carbocycles. The molecule has 2 heterocycles. The van der Waals surface area contributed by atoms with Crippen LogP contribution in [0.4, 0.5) is 4.39 Å². The molecule has 1 fully saturated rings. The van der Waals surface area contributed by atoms with Crippen molar-refractivity contribution < 1.29 is 18.7 Å². The maximum absolute atomic E-state index is 14.0. The molecule has 8 nitrogen and oxygen atoms in total. The molecule has 0 bridgehead atoms. The number of hydrogen-bond acceptors (Lipinski definition) is 7. The van der Waals surface area contributed by atoms with Crippen molar-refractivity contribution in [2.24, 2.45) is 5.92 Å². The summed E-state index contributed by atoms with van der Waals surface area (Å²) in [6, 6.07) is 13.1. The molecule has 9 heteroatoms. The third-order valence-corrected chi connectivity index (χ3v) is 8.34. The Labute approximate surface area is 249 Å². The number of aryl methyl sites for hydroxylation is 2. The van der Waals surface area contributed by atoms with E-state index in [0.717, 1.165) is 80.1 Å². The summed E-state index contributed by atoms with van der Waals surface area (Å²) in [5, 5.41) is 6.44. The van der Waals surface area contributed by atoms with E-state index in [4.69, 9.17) is 9.47 Å². The van der Waals surface area contributed by atoms with Crippen molar-refractivity contribution >= 4 is 17.0 Å². The number of halogens is 1. The molecule has 2 atom stereocenters. The monoisotopic (exact) mass is 581 g/mol. The number of nitrogens with zero attached hydrogens (tertiary/aromatic N) is 2. The first-order valence-electron chi connectivity index (χ1n) is 15.3. The summed E-state index contributed by atoms with van der Waals surface area (Å²) in [5.74, 6) is 0.658. The van der Waals surface area contributed by atoms with Gasteiger partial charge in [0.2, 0.25) is 0 Å². The molecule has 0 radical (unpaired) electrons. The second-order valence-corrected chi connectivity index (χ2v) is 11.9. The number of H-pyrrole nitrogens is 1. The smallest absolute Gasteiger partial charge is 0.332 e. The molecule has 0 unspecified atom stereocenters. The van der Waals surface area contributed by atoms with E-state index in [1.165, 1.54) is 13.2 Å². The SMILES string of the molecule is C1CNCCN1.COCC(=O)O[C@]1(CCN(C)CCCc2nc3ccccc3[nH]2)CCc2cc(F)ccc2[C@@H]1C(C)C. The van der Waals surface area contributed by atoms with Crippen molar-refractivity contribution in [2.45, 2.75) is 57.5 Å². The maximum atomic E-state index is 14.0. The van der Waals surface area contributed by atoms with Gasteiger partial charge in [0, 0.05) is 58.6 Å². The highest BCUT2D eigenvalue weighted by atomic mass is 19.1. The second-order valence-electron chi connectivity index (χ2n) is 11.9. The van der Waals surface area contributed by atoms with Gasteiger partial charge in [-0.3, -0.25) is 0 Å². The number of nitrogens with one attached hydrogen (secondary N) is 3. The summed E-state index contributed by atoms with van der Waals surface area (Å²) < 4.78 is 25.3. The summed E-state index contributed by atoms with van der Waals surface area (Å²) >= 11 is 0. The first kappa shape index (κ1) is 32.1. The molecule has 3 aromatic rings. The largest absolute Gasteiger partial charge is 0.457 e. The van der Waals surface area contributed by atoms with Gasteiger partial charge in [-0.1, -0.05) is 32.0 Å². The number of methoxy groups -OCH3 is 1. The van der Waals surface area contributed by atoms with Gasteiger partial charge in [0.05, 0.1) is 11.0 Å². The van der Waals surface area contributed by atoms with Gasteiger partial charge < -0.3 is 30.0 Å². The van der Waals surface area contributed by atoms with Crippen molar-refractivity contribution in [1.82, 2.24) is 25.5 Å². The Morgan fingerprint density at radius 3 is 2.52 bits per heavy atom. The molecule has 3 N–H and O–H groups in total. The Morgan fingerprint density at radius 2 is 1.86 bits per heavy atom. The van der Waals surface area contributed by atoms with Crippen LogP contribution < -0.4 is 10.6 Å². The molecule has 0 spiro atoms. The number of rotatable bonds is 11. The highest BCUT2D eigenvalue weighted by Crippen LogP contribution is 2.48. The lowest BCUT2D eigenvalue weighted by molar-refractivity contribution is -0.172. The van der Waals surface area contributed by atoms with Crippen LogP contribution in [-0.2, 0) is 27.1 Å². The number of carbonyl (C=O) groups is 1. The Kier molecular flexibility index (Phi) is 11.9. The fourth-order valence-corrected chi connectivity index (χ4v) is 6.40. The van der Waals surface area contributed by atoms with Crippen LogP contribution in [0.5, 0.6) is 0 Å². The number of benzene rings is 2. The average molecular weight is 582 g/mol. The van der Waals surface area contributed by atoms with Crippen LogP contribution in [-0.4, -0.2) is 86.5 Å². The van der Waals surface area contributed by atoms with E-state index in [2.05, 4.69) is 46.4 Å². The predicted molar refractivity (Wildman–Crippen MR) is 165 cm³/mol. The average Bonchev–Trinajstić information content (AvgIpc) is 3.40. The van der Waals surface area contributed by atoms with Crippen LogP contribution in [0.1, 0.15) is 56.0 Å². The number of carbonyl (C=O) groups excluding carboxylic acids is 1. The van der Waals surface area contributed by atoms with Crippen molar-refractivity contribution in [3.05, 3.63) is 65.2 Å². The first-order valence-corrected chi connectivity index (χ1v) is 15.3. The summed E-state index contributed by atoms with van der Waals surface area (Å²) in [6.45, 7) is 10.5. The standard InChI is InChI=1S/C29H38FN3O3.C4H10N2/c1-20(2)28-23-12-11-22(30)18-21(23)13-14-29(28,36-27(34)19-35-4)15-17-33(3)16-7-10-26-31-24-8-5-6-9-25(24)32-26;1-2-6-4-3-5-1/h5-6,8-9,11-12,18,20,28H,7,10,13-17,19H2,1-4H3,(H,31,32);5-6H,1-4H2/t28-,29-;/m0./s1. The molecule has 1 saturated heterocycles. The van der Waals surface area contributed by atoms with E-state index in [-0.39, 0.29) is 30.2 Å². The molecule has 0 amide bonds. The number of ether oxygens (including phenoxy) is 2. The van der Waals surface area contributed by atoms with E-state index in [0.29, 0.717) is 19.3 Å². The molecule has 2 aromatic carbocycles. The maximum Gasteiger partial charge on any atom is 0.332 e. The number of esters is 1. The third kappa shape index (κ3) is 8.60. The molecule has 42 heavy (non-hydrogen) atoms. The van der Waals surface area contributed by atoms with Gasteiger partial charge in [-0.25, -0.2) is 14.2 Å². The van der Waals surface area contributed by atoms with Crippen molar-refractivity contribution in [3.63, 3.8) is 0 Å². The van der Waals surface area contributed by atoms with E-state index in [1.807, 2.05) is 30.3 Å². The van der Waals surface area contributed by atoms with Gasteiger partial charge in [0.15, 0.2) is 0 Å². The molecule has 1 aromatic heterocycles. The lowest BCUT2D eigenvalue weighted by Crippen LogP contribution is -2.49. The number of hydrogen-bond donors (Lipinski definition) is 3. The van der Waals surface area contributed by atoms with Crippen LogP contribution in [0.2, 0.25) is 0 Å². The molecule has 230 valence electrons. The minimum Gasteiger partial charge on any atom is -0.457 e. The molecule has 1 aliphatic heterocycles. The Balaban J connectivity index is 0.000000600. The topological polar surface area (TPSA) is 91.5 Å². The van der Waals surface area contributed by atoms with E-state index in [1.54, 1.807) is 6.07 Å². The van der Waals surface area contributed by atoms with E-state index in [9.17, 15) is 9.18 Å². The highest BCUT2D eigenvalue weighted by Gasteiger charge is 2.47. The van der Waals surface area contributed by atoms with Crippen LogP contribution in [0.15, 0.2) is 42.5 Å². The van der Waals surface area contributed by atoms with Gasteiger partial charge in [0.1, 0.15) is 23.8 Å². The number of imidazole rings is 1. The zero-order valence-electron chi connectivity index (χ0n) is 25.7. The summed E-state index contributed by atoms with van der Waals surface area (Å²) in [6.07, 6.45) is 3.92. The second kappa shape index (κ2) is 15.6. The Bertz CT molecular complexity index is 1230. The third-order valence-electron chi connectivity index (χ3n) is 8.34. The van der Waals surface area contributed by atoms with Crippen molar-refractivity contribution in [2.75, 3.05) is 60.0 Å². The number of fused-ring (bicyclic) bond motifs is 2. The van der Waals surface area contributed by atoms with Gasteiger partial charge in [-0.2, -0.15) is 0 Å². The molecular formula is C33H48FN5O3. The van der Waals surface area contributed by atoms with Gasteiger partial charge in [-0.05, 0) is 74.2 Å². The molecule has 5 rings (SSSR count).